The first kappa shape index (κ1) is 18.7. The lowest BCUT2D eigenvalue weighted by atomic mass is 10.2. The number of halogens is 2. The lowest BCUT2D eigenvalue weighted by Crippen LogP contribution is -2.33. The van der Waals surface area contributed by atoms with Gasteiger partial charge in [-0.2, -0.15) is 5.26 Å². The molecule has 1 atom stereocenters. The number of nitriles is 1. The van der Waals surface area contributed by atoms with Gasteiger partial charge in [-0.15, -0.1) is 11.6 Å². The molecular weight excluding hydrogens is 369 g/mol. The van der Waals surface area contributed by atoms with Crippen molar-refractivity contribution in [2.24, 2.45) is 5.73 Å². The Labute approximate surface area is 153 Å². The number of methoxy groups -OCH3 is 1. The molecule has 1 heterocycles. The molecule has 1 unspecified atom stereocenters. The van der Waals surface area contributed by atoms with Gasteiger partial charge in [-0.3, -0.25) is 0 Å². The summed E-state index contributed by atoms with van der Waals surface area (Å²) in [6.07, 6.45) is 1.71. The lowest BCUT2D eigenvalue weighted by Gasteiger charge is -2.24. The second kappa shape index (κ2) is 8.48. The van der Waals surface area contributed by atoms with Gasteiger partial charge in [-0.25, -0.2) is 19.7 Å². The number of ether oxygens (including phenoxy) is 2. The molecule has 0 spiro atoms. The molecule has 8 nitrogen and oxygen atoms in total. The highest BCUT2D eigenvalue weighted by Crippen LogP contribution is 2.35. The molecule has 130 valence electrons. The highest BCUT2D eigenvalue weighted by molar-refractivity contribution is 6.31. The molecule has 0 saturated carbocycles. The van der Waals surface area contributed by atoms with Crippen molar-refractivity contribution in [1.82, 2.24) is 9.97 Å². The minimum absolute atomic E-state index is 0.0613. The fraction of sp³-hybridized carbons (Fsp3) is 0.200. The zero-order valence-electron chi connectivity index (χ0n) is 13.0. The number of hydrogen-bond acceptors (Lipinski definition) is 6. The topological polar surface area (TPSA) is 114 Å². The van der Waals surface area contributed by atoms with E-state index >= 15 is 0 Å². The van der Waals surface area contributed by atoms with Crippen molar-refractivity contribution in [1.29, 1.82) is 5.26 Å². The summed E-state index contributed by atoms with van der Waals surface area (Å²) in [6.45, 7) is 0. The standard InChI is InChI=1S/C15H13Cl2N5O3/c1-24-14(5-16)25-12-3-2-9(17)4-11(12)22(15(19)23)13-8-20-10(6-18)7-21-13/h2-4,7-8,14H,5H2,1H3,(H2,19,23). The zero-order chi connectivity index (χ0) is 18.4. The van der Waals surface area contributed by atoms with Crippen LogP contribution in [-0.2, 0) is 4.74 Å². The number of amides is 2. The molecule has 0 bridgehead atoms. The smallest absolute Gasteiger partial charge is 0.325 e. The normalized spacial score (nSPS) is 11.4. The summed E-state index contributed by atoms with van der Waals surface area (Å²) in [4.78, 5) is 21.0. The number of nitrogens with two attached hydrogens (primary N) is 1. The van der Waals surface area contributed by atoms with Crippen LogP contribution in [0.1, 0.15) is 5.69 Å². The van der Waals surface area contributed by atoms with Gasteiger partial charge in [0.15, 0.2) is 11.5 Å². The fourth-order valence-electron chi connectivity index (χ4n) is 1.90. The number of benzene rings is 1. The van der Waals surface area contributed by atoms with Crippen LogP contribution >= 0.6 is 23.2 Å². The van der Waals surface area contributed by atoms with Gasteiger partial charge in [-0.05, 0) is 18.2 Å². The molecule has 25 heavy (non-hydrogen) atoms. The number of hydrogen-bond donors (Lipinski definition) is 1. The van der Waals surface area contributed by atoms with Crippen LogP contribution in [-0.4, -0.2) is 35.3 Å². The Balaban J connectivity index is 2.51. The summed E-state index contributed by atoms with van der Waals surface area (Å²) in [7, 11) is 1.43. The number of carbonyl (C=O) groups is 1. The predicted octanol–water partition coefficient (Wildman–Crippen LogP) is 2.81. The van der Waals surface area contributed by atoms with E-state index in [2.05, 4.69) is 9.97 Å². The van der Waals surface area contributed by atoms with Crippen molar-refractivity contribution in [3.8, 4) is 11.8 Å². The van der Waals surface area contributed by atoms with Gasteiger partial charge in [0.25, 0.3) is 0 Å². The van der Waals surface area contributed by atoms with E-state index in [1.807, 2.05) is 6.07 Å². The first-order valence-electron chi connectivity index (χ1n) is 6.86. The molecule has 2 N–H and O–H groups in total. The summed E-state index contributed by atoms with van der Waals surface area (Å²) < 4.78 is 10.7. The second-order valence-electron chi connectivity index (χ2n) is 4.59. The summed E-state index contributed by atoms with van der Waals surface area (Å²) in [5.41, 5.74) is 5.81. The van der Waals surface area contributed by atoms with E-state index in [0.717, 1.165) is 4.90 Å². The van der Waals surface area contributed by atoms with Crippen LogP contribution in [0.4, 0.5) is 16.3 Å². The van der Waals surface area contributed by atoms with Crippen LogP contribution in [0, 0.1) is 11.3 Å². The van der Waals surface area contributed by atoms with E-state index < -0.39 is 12.3 Å². The largest absolute Gasteiger partial charge is 0.461 e. The Morgan fingerprint density at radius 1 is 1.44 bits per heavy atom. The SMILES string of the molecule is COC(CCl)Oc1ccc(Cl)cc1N(C(N)=O)c1cnc(C#N)cn1. The van der Waals surface area contributed by atoms with Crippen molar-refractivity contribution in [2.45, 2.75) is 6.29 Å². The minimum Gasteiger partial charge on any atom is -0.461 e. The van der Waals surface area contributed by atoms with Crippen LogP contribution in [0.3, 0.4) is 0 Å². The molecule has 1 aromatic carbocycles. The van der Waals surface area contributed by atoms with Crippen molar-refractivity contribution in [2.75, 3.05) is 17.9 Å². The van der Waals surface area contributed by atoms with E-state index in [1.54, 1.807) is 12.1 Å². The van der Waals surface area contributed by atoms with Crippen LogP contribution in [0.15, 0.2) is 30.6 Å². The van der Waals surface area contributed by atoms with Crippen molar-refractivity contribution < 1.29 is 14.3 Å². The summed E-state index contributed by atoms with van der Waals surface area (Å²) >= 11 is 11.8. The molecule has 0 aliphatic carbocycles. The Hall–Kier alpha value is -2.60. The molecule has 0 aliphatic heterocycles. The Morgan fingerprint density at radius 3 is 2.72 bits per heavy atom. The number of carbonyl (C=O) groups excluding carboxylic acids is 1. The van der Waals surface area contributed by atoms with E-state index in [9.17, 15) is 4.79 Å². The maximum absolute atomic E-state index is 12.0. The molecule has 0 saturated heterocycles. The number of alkyl halides is 1. The Bertz CT molecular complexity index is 791. The summed E-state index contributed by atoms with van der Waals surface area (Å²) in [5.74, 6) is 0.409. The van der Waals surface area contributed by atoms with Crippen LogP contribution in [0.5, 0.6) is 5.75 Å². The molecule has 2 aromatic rings. The summed E-state index contributed by atoms with van der Waals surface area (Å²) in [6, 6.07) is 5.59. The molecule has 1 aromatic heterocycles. The maximum atomic E-state index is 12.0. The molecule has 0 aliphatic rings. The van der Waals surface area contributed by atoms with Gasteiger partial charge in [0.05, 0.1) is 24.0 Å². The predicted molar refractivity (Wildman–Crippen MR) is 92.1 cm³/mol. The van der Waals surface area contributed by atoms with Crippen LogP contribution in [0.2, 0.25) is 5.02 Å². The highest BCUT2D eigenvalue weighted by atomic mass is 35.5. The van der Waals surface area contributed by atoms with Gasteiger partial charge in [-0.1, -0.05) is 11.6 Å². The van der Waals surface area contributed by atoms with Crippen molar-refractivity contribution in [3.05, 3.63) is 41.3 Å². The average Bonchev–Trinajstić information content (AvgIpc) is 2.61. The van der Waals surface area contributed by atoms with E-state index in [0.29, 0.717) is 5.02 Å². The summed E-state index contributed by atoms with van der Waals surface area (Å²) in [5, 5.41) is 9.15. The molecule has 0 radical (unpaired) electrons. The maximum Gasteiger partial charge on any atom is 0.325 e. The van der Waals surface area contributed by atoms with Crippen LogP contribution in [0.25, 0.3) is 0 Å². The molecule has 2 rings (SSSR count). The van der Waals surface area contributed by atoms with Crippen molar-refractivity contribution >= 4 is 40.7 Å². The van der Waals surface area contributed by atoms with Gasteiger partial charge in [0, 0.05) is 12.1 Å². The van der Waals surface area contributed by atoms with Gasteiger partial charge >= 0.3 is 6.03 Å². The zero-order valence-corrected chi connectivity index (χ0v) is 14.5. The average molecular weight is 382 g/mol. The third kappa shape index (κ3) is 4.48. The fourth-order valence-corrected chi connectivity index (χ4v) is 2.25. The second-order valence-corrected chi connectivity index (χ2v) is 5.34. The third-order valence-corrected chi connectivity index (χ3v) is 3.50. The number of rotatable bonds is 6. The van der Waals surface area contributed by atoms with Gasteiger partial charge in [0.2, 0.25) is 6.29 Å². The number of primary amides is 1. The number of anilines is 2. The number of nitrogens with zero attached hydrogens (tertiary/aromatic N) is 4. The molecule has 2 amide bonds. The number of aromatic nitrogens is 2. The van der Waals surface area contributed by atoms with Gasteiger partial charge < -0.3 is 15.2 Å². The first-order valence-corrected chi connectivity index (χ1v) is 7.78. The monoisotopic (exact) mass is 381 g/mol. The highest BCUT2D eigenvalue weighted by Gasteiger charge is 2.23. The Kier molecular flexibility index (Phi) is 6.36. The molecule has 0 fully saturated rings. The molecule has 10 heteroatoms. The first-order chi connectivity index (χ1) is 12.0. The minimum atomic E-state index is -0.842. The van der Waals surface area contributed by atoms with E-state index in [-0.39, 0.29) is 28.8 Å². The van der Waals surface area contributed by atoms with Gasteiger partial charge in [0.1, 0.15) is 11.8 Å². The lowest BCUT2D eigenvalue weighted by molar-refractivity contribution is -0.0351. The van der Waals surface area contributed by atoms with E-state index in [4.69, 9.17) is 43.7 Å². The molecular formula is C15H13Cl2N5O3. The third-order valence-electron chi connectivity index (χ3n) is 3.01. The quantitative estimate of drug-likeness (QED) is 0.607. The number of urea groups is 1. The van der Waals surface area contributed by atoms with E-state index in [1.165, 1.54) is 25.6 Å². The van der Waals surface area contributed by atoms with Crippen LogP contribution < -0.4 is 15.4 Å². The van der Waals surface area contributed by atoms with Crippen molar-refractivity contribution in [3.63, 3.8) is 0 Å². The Morgan fingerprint density at radius 2 is 2.20 bits per heavy atom.